The second kappa shape index (κ2) is 5.08. The Balaban J connectivity index is 1.95. The molecule has 1 amide bonds. The second-order valence-corrected chi connectivity index (χ2v) is 6.67. The summed E-state index contributed by atoms with van der Waals surface area (Å²) in [5, 5.41) is 13.0. The molecule has 0 unspecified atom stereocenters. The fourth-order valence-corrected chi connectivity index (χ4v) is 3.39. The van der Waals surface area contributed by atoms with Gasteiger partial charge < -0.3 is 15.2 Å². The van der Waals surface area contributed by atoms with E-state index in [1.807, 2.05) is 20.8 Å². The lowest BCUT2D eigenvalue weighted by Gasteiger charge is -2.38. The third-order valence-electron chi connectivity index (χ3n) is 4.11. The number of ether oxygens (including phenoxy) is 1. The fourth-order valence-electron chi connectivity index (χ4n) is 3.39. The first-order valence-electron chi connectivity index (χ1n) is 7.04. The molecule has 2 saturated carbocycles. The van der Waals surface area contributed by atoms with Gasteiger partial charge in [-0.25, -0.2) is 4.79 Å². The van der Waals surface area contributed by atoms with Gasteiger partial charge in [-0.3, -0.25) is 0 Å². The number of hydrogen-bond donors (Lipinski definition) is 2. The van der Waals surface area contributed by atoms with Crippen LogP contribution in [0.5, 0.6) is 0 Å². The number of amides is 1. The van der Waals surface area contributed by atoms with Crippen LogP contribution in [0, 0.1) is 11.8 Å². The van der Waals surface area contributed by atoms with E-state index < -0.39 is 17.8 Å². The van der Waals surface area contributed by atoms with Gasteiger partial charge in [0.05, 0.1) is 12.1 Å². The van der Waals surface area contributed by atoms with Crippen molar-refractivity contribution in [2.45, 2.75) is 70.6 Å². The summed E-state index contributed by atoms with van der Waals surface area (Å²) in [6, 6.07) is -0.124. The summed E-state index contributed by atoms with van der Waals surface area (Å²) in [4.78, 5) is 11.8. The summed E-state index contributed by atoms with van der Waals surface area (Å²) in [6.07, 6.45) is 4.64. The molecule has 0 radical (unpaired) electrons. The highest BCUT2D eigenvalue weighted by Gasteiger charge is 2.42. The predicted molar refractivity (Wildman–Crippen MR) is 69.2 cm³/mol. The zero-order chi connectivity index (χ0) is 13.3. The zero-order valence-electron chi connectivity index (χ0n) is 11.6. The van der Waals surface area contributed by atoms with Crippen molar-refractivity contribution in [3.05, 3.63) is 0 Å². The highest BCUT2D eigenvalue weighted by atomic mass is 16.6. The number of hydrogen-bond acceptors (Lipinski definition) is 3. The van der Waals surface area contributed by atoms with E-state index in [0.29, 0.717) is 11.8 Å². The highest BCUT2D eigenvalue weighted by Crippen LogP contribution is 2.42. The van der Waals surface area contributed by atoms with Gasteiger partial charge in [0, 0.05) is 0 Å². The molecule has 104 valence electrons. The van der Waals surface area contributed by atoms with Gasteiger partial charge in [-0.05, 0) is 51.9 Å². The monoisotopic (exact) mass is 255 g/mol. The number of aliphatic hydroxyl groups excluding tert-OH is 1. The van der Waals surface area contributed by atoms with Crippen LogP contribution in [0.4, 0.5) is 4.79 Å². The Kier molecular flexibility index (Phi) is 3.85. The summed E-state index contributed by atoms with van der Waals surface area (Å²) in [5.41, 5.74) is -0.487. The maximum Gasteiger partial charge on any atom is 0.407 e. The molecule has 0 spiro atoms. The molecule has 4 heteroatoms. The summed E-state index contributed by atoms with van der Waals surface area (Å²) >= 11 is 0. The van der Waals surface area contributed by atoms with E-state index >= 15 is 0 Å². The van der Waals surface area contributed by atoms with Crippen LogP contribution in [-0.2, 0) is 4.74 Å². The Hall–Kier alpha value is -0.770. The van der Waals surface area contributed by atoms with Gasteiger partial charge in [-0.15, -0.1) is 0 Å². The molecule has 2 fully saturated rings. The normalized spacial score (nSPS) is 36.0. The van der Waals surface area contributed by atoms with Crippen LogP contribution in [0.2, 0.25) is 0 Å². The Morgan fingerprint density at radius 2 is 1.94 bits per heavy atom. The van der Waals surface area contributed by atoms with Crippen molar-refractivity contribution >= 4 is 6.09 Å². The standard InChI is InChI=1S/C14H25NO3/c1-14(2,3)18-13(17)15-12-10-6-4-5-9(10)7-8-11(12)16/h9-12,16H,4-8H2,1-3H3,(H,15,17)/t9-,10-,11+,12-/m0/s1. The number of alkyl carbamates (subject to hydrolysis) is 1. The van der Waals surface area contributed by atoms with Crippen LogP contribution in [0.15, 0.2) is 0 Å². The molecule has 2 aliphatic rings. The van der Waals surface area contributed by atoms with Gasteiger partial charge in [-0.1, -0.05) is 12.8 Å². The molecule has 18 heavy (non-hydrogen) atoms. The van der Waals surface area contributed by atoms with E-state index in [4.69, 9.17) is 4.74 Å². The van der Waals surface area contributed by atoms with Crippen molar-refractivity contribution in [1.82, 2.24) is 5.32 Å². The van der Waals surface area contributed by atoms with Crippen LogP contribution >= 0.6 is 0 Å². The lowest BCUT2D eigenvalue weighted by molar-refractivity contribution is 0.0155. The molecular formula is C14H25NO3. The summed E-state index contributed by atoms with van der Waals surface area (Å²) in [5.74, 6) is 1.11. The molecule has 2 rings (SSSR count). The molecule has 4 nitrogen and oxygen atoms in total. The summed E-state index contributed by atoms with van der Waals surface area (Å²) in [6.45, 7) is 5.55. The first-order valence-corrected chi connectivity index (χ1v) is 7.04. The van der Waals surface area contributed by atoms with Crippen molar-refractivity contribution < 1.29 is 14.6 Å². The SMILES string of the molecule is CC(C)(C)OC(=O)N[C@H]1[C@H]2CCC[C@H]2CC[C@H]1O. The number of rotatable bonds is 1. The van der Waals surface area contributed by atoms with Gasteiger partial charge in [0.15, 0.2) is 0 Å². The summed E-state index contributed by atoms with van der Waals surface area (Å²) in [7, 11) is 0. The molecule has 4 atom stereocenters. The highest BCUT2D eigenvalue weighted by molar-refractivity contribution is 5.68. The van der Waals surface area contributed by atoms with Crippen molar-refractivity contribution in [3.8, 4) is 0 Å². The number of aliphatic hydroxyl groups is 1. The Bertz CT molecular complexity index is 311. The molecule has 2 N–H and O–H groups in total. The lowest BCUT2D eigenvalue weighted by Crippen LogP contribution is -2.52. The van der Waals surface area contributed by atoms with E-state index in [1.165, 1.54) is 12.8 Å². The van der Waals surface area contributed by atoms with Crippen LogP contribution in [0.3, 0.4) is 0 Å². The minimum absolute atomic E-state index is 0.124. The second-order valence-electron chi connectivity index (χ2n) is 6.67. The average Bonchev–Trinajstić information content (AvgIpc) is 2.67. The van der Waals surface area contributed by atoms with Crippen molar-refractivity contribution in [2.24, 2.45) is 11.8 Å². The van der Waals surface area contributed by atoms with Gasteiger partial charge in [-0.2, -0.15) is 0 Å². The van der Waals surface area contributed by atoms with E-state index in [2.05, 4.69) is 5.32 Å². The predicted octanol–water partition coefficient (Wildman–Crippen LogP) is 2.45. The van der Waals surface area contributed by atoms with Crippen molar-refractivity contribution in [1.29, 1.82) is 0 Å². The molecule has 0 aromatic heterocycles. The van der Waals surface area contributed by atoms with E-state index in [9.17, 15) is 9.90 Å². The minimum atomic E-state index is -0.487. The van der Waals surface area contributed by atoms with Crippen molar-refractivity contribution in [3.63, 3.8) is 0 Å². The number of nitrogens with one attached hydrogen (secondary N) is 1. The smallest absolute Gasteiger partial charge is 0.407 e. The summed E-state index contributed by atoms with van der Waals surface area (Å²) < 4.78 is 5.28. The quantitative estimate of drug-likeness (QED) is 0.756. The van der Waals surface area contributed by atoms with E-state index in [-0.39, 0.29) is 6.04 Å². The van der Waals surface area contributed by atoms with Gasteiger partial charge in [0.2, 0.25) is 0 Å². The van der Waals surface area contributed by atoms with Gasteiger partial charge in [0.25, 0.3) is 0 Å². The zero-order valence-corrected chi connectivity index (χ0v) is 11.6. The van der Waals surface area contributed by atoms with Crippen LogP contribution in [0.25, 0.3) is 0 Å². The molecule has 2 aliphatic carbocycles. The molecule has 0 aromatic carbocycles. The molecule has 0 saturated heterocycles. The Morgan fingerprint density at radius 3 is 2.61 bits per heavy atom. The molecule has 0 aromatic rings. The molecule has 0 aliphatic heterocycles. The van der Waals surface area contributed by atoms with Crippen LogP contribution < -0.4 is 5.32 Å². The number of carbonyl (C=O) groups excluding carboxylic acids is 1. The Morgan fingerprint density at radius 1 is 1.22 bits per heavy atom. The van der Waals surface area contributed by atoms with E-state index in [1.54, 1.807) is 0 Å². The molecule has 0 bridgehead atoms. The first-order chi connectivity index (χ1) is 8.37. The largest absolute Gasteiger partial charge is 0.444 e. The Labute approximate surface area is 109 Å². The lowest BCUT2D eigenvalue weighted by atomic mass is 9.76. The van der Waals surface area contributed by atoms with Crippen molar-refractivity contribution in [2.75, 3.05) is 0 Å². The molecule has 0 heterocycles. The van der Waals surface area contributed by atoms with Crippen LogP contribution in [0.1, 0.15) is 52.9 Å². The maximum absolute atomic E-state index is 11.8. The molecular weight excluding hydrogens is 230 g/mol. The minimum Gasteiger partial charge on any atom is -0.444 e. The maximum atomic E-state index is 11.8. The van der Waals surface area contributed by atoms with Crippen LogP contribution in [-0.4, -0.2) is 28.9 Å². The number of carbonyl (C=O) groups is 1. The third kappa shape index (κ3) is 3.16. The number of fused-ring (bicyclic) bond motifs is 1. The van der Waals surface area contributed by atoms with Gasteiger partial charge in [0.1, 0.15) is 5.60 Å². The average molecular weight is 255 g/mol. The fraction of sp³-hybridized carbons (Fsp3) is 0.929. The van der Waals surface area contributed by atoms with E-state index in [0.717, 1.165) is 19.3 Å². The van der Waals surface area contributed by atoms with Gasteiger partial charge >= 0.3 is 6.09 Å². The topological polar surface area (TPSA) is 58.6 Å². The third-order valence-corrected chi connectivity index (χ3v) is 4.11. The first kappa shape index (κ1) is 13.7.